The van der Waals surface area contributed by atoms with E-state index in [1.807, 2.05) is 0 Å². The minimum Gasteiger partial charge on any atom is -0.351 e. The van der Waals surface area contributed by atoms with Gasteiger partial charge in [0.2, 0.25) is 5.95 Å². The Morgan fingerprint density at radius 3 is 2.93 bits per heavy atom. The molecule has 2 heterocycles. The van der Waals surface area contributed by atoms with Gasteiger partial charge in [-0.15, -0.1) is 0 Å². The average Bonchev–Trinajstić information content (AvgIpc) is 3.03. The lowest BCUT2D eigenvalue weighted by Gasteiger charge is -2.03. The molecule has 5 nitrogen and oxygen atoms in total. The molecule has 0 aliphatic heterocycles. The van der Waals surface area contributed by atoms with Crippen molar-refractivity contribution in [3.63, 3.8) is 0 Å². The van der Waals surface area contributed by atoms with Crippen LogP contribution in [0.5, 0.6) is 0 Å². The van der Waals surface area contributed by atoms with Gasteiger partial charge in [0.05, 0.1) is 6.20 Å². The molecule has 15 heavy (non-hydrogen) atoms. The van der Waals surface area contributed by atoms with Gasteiger partial charge in [-0.3, -0.25) is 0 Å². The average molecular weight is 222 g/mol. The first kappa shape index (κ1) is 8.79. The highest BCUT2D eigenvalue weighted by molar-refractivity contribution is 6.33. The van der Waals surface area contributed by atoms with Gasteiger partial charge in [-0.05, 0) is 12.8 Å². The lowest BCUT2D eigenvalue weighted by atomic mass is 10.4. The van der Waals surface area contributed by atoms with Gasteiger partial charge in [-0.1, -0.05) is 11.6 Å². The summed E-state index contributed by atoms with van der Waals surface area (Å²) in [4.78, 5) is 16.3. The highest BCUT2D eigenvalue weighted by Gasteiger charge is 2.22. The number of rotatable bonds is 2. The molecule has 0 amide bonds. The van der Waals surface area contributed by atoms with Crippen LogP contribution < -0.4 is 5.32 Å². The van der Waals surface area contributed by atoms with E-state index in [0.29, 0.717) is 28.2 Å². The summed E-state index contributed by atoms with van der Waals surface area (Å²) in [5, 5.41) is 3.56. The van der Waals surface area contributed by atoms with Crippen LogP contribution in [0.15, 0.2) is 12.5 Å². The number of halogens is 1. The third-order valence-electron chi connectivity index (χ3n) is 2.24. The predicted molar refractivity (Wildman–Crippen MR) is 56.8 cm³/mol. The molecule has 76 valence electrons. The van der Waals surface area contributed by atoms with Crippen LogP contribution in [-0.2, 0) is 0 Å². The molecule has 3 rings (SSSR count). The van der Waals surface area contributed by atoms with Crippen molar-refractivity contribution in [2.75, 3.05) is 5.32 Å². The third-order valence-corrected chi connectivity index (χ3v) is 2.52. The zero-order valence-corrected chi connectivity index (χ0v) is 8.57. The molecule has 0 unspecified atom stereocenters. The van der Waals surface area contributed by atoms with Crippen molar-refractivity contribution in [2.45, 2.75) is 18.9 Å². The molecular formula is C9H8ClN5. The van der Waals surface area contributed by atoms with Gasteiger partial charge >= 0.3 is 0 Å². The van der Waals surface area contributed by atoms with Gasteiger partial charge in [0, 0.05) is 6.04 Å². The molecule has 1 saturated carbocycles. The number of aromatic nitrogens is 4. The normalized spacial score (nSPS) is 15.5. The standard InChI is InChI=1S/C9H8ClN5/c10-8-7-6(12-4-13-8)3-11-9(15-7)14-5-1-2-5/h3-5H,1-2H2,(H,11,14,15). The molecule has 0 bridgehead atoms. The first-order valence-corrected chi connectivity index (χ1v) is 5.10. The molecule has 6 heteroatoms. The Morgan fingerprint density at radius 2 is 2.13 bits per heavy atom. The van der Waals surface area contributed by atoms with Crippen LogP contribution in [0.2, 0.25) is 5.15 Å². The predicted octanol–water partition coefficient (Wildman–Crippen LogP) is 1.65. The van der Waals surface area contributed by atoms with Crippen molar-refractivity contribution >= 4 is 28.6 Å². The Balaban J connectivity index is 2.07. The number of hydrogen-bond donors (Lipinski definition) is 1. The first-order valence-electron chi connectivity index (χ1n) is 4.73. The molecular weight excluding hydrogens is 214 g/mol. The van der Waals surface area contributed by atoms with E-state index >= 15 is 0 Å². The molecule has 2 aromatic rings. The zero-order chi connectivity index (χ0) is 10.3. The first-order chi connectivity index (χ1) is 7.33. The summed E-state index contributed by atoms with van der Waals surface area (Å²) >= 11 is 5.91. The van der Waals surface area contributed by atoms with E-state index in [0.717, 1.165) is 0 Å². The van der Waals surface area contributed by atoms with Gasteiger partial charge in [-0.25, -0.2) is 19.9 Å². The summed E-state index contributed by atoms with van der Waals surface area (Å²) in [6, 6.07) is 0.519. The minimum atomic E-state index is 0.362. The maximum atomic E-state index is 5.91. The van der Waals surface area contributed by atoms with E-state index < -0.39 is 0 Å². The highest BCUT2D eigenvalue weighted by Crippen LogP contribution is 2.24. The van der Waals surface area contributed by atoms with Crippen LogP contribution in [0, 0.1) is 0 Å². The zero-order valence-electron chi connectivity index (χ0n) is 7.81. The molecule has 1 fully saturated rings. The second-order valence-corrected chi connectivity index (χ2v) is 3.87. The van der Waals surface area contributed by atoms with Crippen molar-refractivity contribution in [1.29, 1.82) is 0 Å². The second kappa shape index (κ2) is 3.27. The molecule has 1 aliphatic carbocycles. The molecule has 1 N–H and O–H groups in total. The fraction of sp³-hybridized carbons (Fsp3) is 0.333. The largest absolute Gasteiger partial charge is 0.351 e. The Labute approximate surface area is 90.9 Å². The molecule has 2 aromatic heterocycles. The van der Waals surface area contributed by atoms with Gasteiger partial charge in [-0.2, -0.15) is 0 Å². The molecule has 1 aliphatic rings. The molecule has 0 radical (unpaired) electrons. The van der Waals surface area contributed by atoms with Crippen LogP contribution in [-0.4, -0.2) is 26.0 Å². The third kappa shape index (κ3) is 1.70. The number of nitrogens with zero attached hydrogens (tertiary/aromatic N) is 4. The number of hydrogen-bond acceptors (Lipinski definition) is 5. The summed E-state index contributed by atoms with van der Waals surface area (Å²) in [5.74, 6) is 0.599. The topological polar surface area (TPSA) is 63.6 Å². The summed E-state index contributed by atoms with van der Waals surface area (Å²) in [7, 11) is 0. The van der Waals surface area contributed by atoms with Crippen molar-refractivity contribution < 1.29 is 0 Å². The summed E-state index contributed by atoms with van der Waals surface area (Å²) < 4.78 is 0. The van der Waals surface area contributed by atoms with Crippen molar-refractivity contribution in [3.05, 3.63) is 17.7 Å². The number of fused-ring (bicyclic) bond motifs is 1. The smallest absolute Gasteiger partial charge is 0.223 e. The maximum absolute atomic E-state index is 5.91. The summed E-state index contributed by atoms with van der Waals surface area (Å²) in [6.07, 6.45) is 5.42. The molecule has 0 saturated heterocycles. The lowest BCUT2D eigenvalue weighted by molar-refractivity contribution is 1.06. The van der Waals surface area contributed by atoms with Crippen LogP contribution in [0.1, 0.15) is 12.8 Å². The second-order valence-electron chi connectivity index (χ2n) is 3.51. The summed E-state index contributed by atoms with van der Waals surface area (Å²) in [6.45, 7) is 0. The fourth-order valence-corrected chi connectivity index (χ4v) is 1.49. The van der Waals surface area contributed by atoms with Gasteiger partial charge in [0.15, 0.2) is 5.15 Å². The van der Waals surface area contributed by atoms with Gasteiger partial charge < -0.3 is 5.32 Å². The quantitative estimate of drug-likeness (QED) is 0.782. The van der Waals surface area contributed by atoms with Crippen LogP contribution in [0.3, 0.4) is 0 Å². The van der Waals surface area contributed by atoms with Crippen molar-refractivity contribution in [1.82, 2.24) is 19.9 Å². The number of anilines is 1. The van der Waals surface area contributed by atoms with E-state index in [1.54, 1.807) is 6.20 Å². The van der Waals surface area contributed by atoms with E-state index in [1.165, 1.54) is 19.2 Å². The van der Waals surface area contributed by atoms with Crippen LogP contribution in [0.25, 0.3) is 11.0 Å². The van der Waals surface area contributed by atoms with Crippen molar-refractivity contribution in [3.8, 4) is 0 Å². The Morgan fingerprint density at radius 1 is 1.27 bits per heavy atom. The fourth-order valence-electron chi connectivity index (χ4n) is 1.30. The minimum absolute atomic E-state index is 0.362. The van der Waals surface area contributed by atoms with Crippen LogP contribution in [0.4, 0.5) is 5.95 Å². The van der Waals surface area contributed by atoms with E-state index in [9.17, 15) is 0 Å². The van der Waals surface area contributed by atoms with Gasteiger partial charge in [0.1, 0.15) is 17.4 Å². The SMILES string of the molecule is Clc1ncnc2cnc(NC3CC3)nc12. The maximum Gasteiger partial charge on any atom is 0.223 e. The molecule has 0 spiro atoms. The van der Waals surface area contributed by atoms with E-state index in [4.69, 9.17) is 11.6 Å². The van der Waals surface area contributed by atoms with Crippen molar-refractivity contribution in [2.24, 2.45) is 0 Å². The lowest BCUT2D eigenvalue weighted by Crippen LogP contribution is -2.05. The van der Waals surface area contributed by atoms with E-state index in [-0.39, 0.29) is 0 Å². The Kier molecular flexibility index (Phi) is 1.92. The highest BCUT2D eigenvalue weighted by atomic mass is 35.5. The van der Waals surface area contributed by atoms with Crippen LogP contribution >= 0.6 is 11.6 Å². The Hall–Kier alpha value is -1.49. The monoisotopic (exact) mass is 221 g/mol. The van der Waals surface area contributed by atoms with Gasteiger partial charge in [0.25, 0.3) is 0 Å². The Bertz CT molecular complexity index is 511. The number of nitrogens with one attached hydrogen (secondary N) is 1. The molecule has 0 atom stereocenters. The molecule has 0 aromatic carbocycles. The van der Waals surface area contributed by atoms with E-state index in [2.05, 4.69) is 25.3 Å². The summed E-state index contributed by atoms with van der Waals surface area (Å²) in [5.41, 5.74) is 1.26.